The van der Waals surface area contributed by atoms with Crippen LogP contribution in [0.1, 0.15) is 56.6 Å². The van der Waals surface area contributed by atoms with Crippen molar-refractivity contribution in [2.45, 2.75) is 63.3 Å². The molecule has 1 saturated heterocycles. The molecule has 1 saturated carbocycles. The van der Waals surface area contributed by atoms with Crippen LogP contribution < -0.4 is 0 Å². The van der Waals surface area contributed by atoms with Crippen LogP contribution in [0.3, 0.4) is 0 Å². The van der Waals surface area contributed by atoms with Gasteiger partial charge in [-0.25, -0.2) is 0 Å². The molecule has 156 valence electrons. The van der Waals surface area contributed by atoms with Gasteiger partial charge in [-0.05, 0) is 56.1 Å². The summed E-state index contributed by atoms with van der Waals surface area (Å²) >= 11 is 0. The maximum absolute atomic E-state index is 13.3. The quantitative estimate of drug-likeness (QED) is 0.846. The smallest absolute Gasteiger partial charge is 0.323 e. The third-order valence-electron chi connectivity index (χ3n) is 7.16. The number of benzene rings is 1. The molecule has 1 N–H and O–H groups in total. The number of amides is 2. The molecule has 1 aromatic rings. The number of aliphatic carboxylic acids is 1. The van der Waals surface area contributed by atoms with Gasteiger partial charge in [0.2, 0.25) is 11.8 Å². The van der Waals surface area contributed by atoms with Gasteiger partial charge in [0.1, 0.15) is 6.54 Å². The highest BCUT2D eigenvalue weighted by atomic mass is 16.4. The number of carboxylic acids is 1. The van der Waals surface area contributed by atoms with Gasteiger partial charge in [0.05, 0.1) is 0 Å². The highest BCUT2D eigenvalue weighted by molar-refractivity contribution is 5.85. The summed E-state index contributed by atoms with van der Waals surface area (Å²) in [5.41, 5.74) is 2.81. The van der Waals surface area contributed by atoms with E-state index < -0.39 is 5.97 Å². The molecule has 0 radical (unpaired) electrons. The van der Waals surface area contributed by atoms with Crippen LogP contribution in [0.2, 0.25) is 0 Å². The van der Waals surface area contributed by atoms with E-state index in [1.807, 2.05) is 4.90 Å². The van der Waals surface area contributed by atoms with Crippen LogP contribution in [0.25, 0.3) is 0 Å². The fraction of sp³-hybridized carbons (Fsp3) is 0.609. The zero-order valence-corrected chi connectivity index (χ0v) is 17.1. The van der Waals surface area contributed by atoms with Gasteiger partial charge in [-0.3, -0.25) is 14.4 Å². The predicted molar refractivity (Wildman–Crippen MR) is 108 cm³/mol. The number of carboxylic acid groups (broad SMARTS) is 1. The summed E-state index contributed by atoms with van der Waals surface area (Å²) in [5, 5.41) is 9.12. The first-order valence-corrected chi connectivity index (χ1v) is 10.8. The number of carbonyl (C=O) groups is 3. The molecule has 1 aliphatic heterocycles. The molecular formula is C23H30N2O4. The Balaban J connectivity index is 1.43. The van der Waals surface area contributed by atoms with Crippen LogP contribution in [0.5, 0.6) is 0 Å². The number of aryl methyl sites for hydroxylation is 1. The zero-order valence-electron chi connectivity index (χ0n) is 17.1. The fourth-order valence-electron chi connectivity index (χ4n) is 5.63. The molecule has 2 aliphatic carbocycles. The lowest BCUT2D eigenvalue weighted by atomic mass is 9.78. The molecule has 3 unspecified atom stereocenters. The van der Waals surface area contributed by atoms with Crippen molar-refractivity contribution in [2.75, 3.05) is 19.6 Å². The van der Waals surface area contributed by atoms with Crippen LogP contribution in [0.15, 0.2) is 24.3 Å². The minimum Gasteiger partial charge on any atom is -0.480 e. The van der Waals surface area contributed by atoms with Gasteiger partial charge < -0.3 is 14.9 Å². The second kappa shape index (κ2) is 7.81. The maximum atomic E-state index is 13.3. The molecule has 1 heterocycles. The highest BCUT2D eigenvalue weighted by Gasteiger charge is 2.60. The molecule has 0 aromatic heterocycles. The average molecular weight is 399 g/mol. The monoisotopic (exact) mass is 398 g/mol. The van der Waals surface area contributed by atoms with E-state index in [1.54, 1.807) is 0 Å². The Morgan fingerprint density at radius 3 is 2.72 bits per heavy atom. The van der Waals surface area contributed by atoms with Crippen molar-refractivity contribution in [1.29, 1.82) is 0 Å². The van der Waals surface area contributed by atoms with Crippen molar-refractivity contribution < 1.29 is 19.5 Å². The van der Waals surface area contributed by atoms with Crippen molar-refractivity contribution in [3.05, 3.63) is 35.4 Å². The first-order chi connectivity index (χ1) is 13.9. The van der Waals surface area contributed by atoms with Gasteiger partial charge in [0.25, 0.3) is 0 Å². The third kappa shape index (κ3) is 3.77. The van der Waals surface area contributed by atoms with E-state index >= 15 is 0 Å². The van der Waals surface area contributed by atoms with Gasteiger partial charge in [-0.1, -0.05) is 24.3 Å². The summed E-state index contributed by atoms with van der Waals surface area (Å²) in [6.45, 7) is 2.45. The molecule has 4 rings (SSSR count). The molecule has 2 amide bonds. The molecule has 0 bridgehead atoms. The first-order valence-electron chi connectivity index (χ1n) is 10.8. The third-order valence-corrected chi connectivity index (χ3v) is 7.16. The van der Waals surface area contributed by atoms with Gasteiger partial charge in [-0.2, -0.15) is 0 Å². The summed E-state index contributed by atoms with van der Waals surface area (Å²) < 4.78 is 0. The Labute approximate surface area is 171 Å². The summed E-state index contributed by atoms with van der Waals surface area (Å²) in [5.74, 6) is -0.885. The number of hydrogen-bond donors (Lipinski definition) is 1. The van der Waals surface area contributed by atoms with E-state index in [0.29, 0.717) is 19.5 Å². The summed E-state index contributed by atoms with van der Waals surface area (Å²) in [6, 6.07) is 8.47. The second-order valence-electron chi connectivity index (χ2n) is 8.87. The van der Waals surface area contributed by atoms with Gasteiger partial charge >= 0.3 is 5.97 Å². The average Bonchev–Trinajstić information content (AvgIpc) is 3.45. The van der Waals surface area contributed by atoms with E-state index in [-0.39, 0.29) is 35.7 Å². The van der Waals surface area contributed by atoms with E-state index in [4.69, 9.17) is 5.11 Å². The molecule has 3 atom stereocenters. The first kappa shape index (κ1) is 19.9. The normalized spacial score (nSPS) is 28.4. The lowest BCUT2D eigenvalue weighted by molar-refractivity contribution is -0.145. The minimum atomic E-state index is -0.992. The summed E-state index contributed by atoms with van der Waals surface area (Å²) in [4.78, 5) is 39.8. The second-order valence-corrected chi connectivity index (χ2v) is 8.87. The molecule has 1 aromatic carbocycles. The van der Waals surface area contributed by atoms with E-state index in [1.165, 1.54) is 23.0 Å². The Hall–Kier alpha value is -2.37. The van der Waals surface area contributed by atoms with E-state index in [9.17, 15) is 14.4 Å². The molecular weight excluding hydrogens is 368 g/mol. The maximum Gasteiger partial charge on any atom is 0.323 e. The molecule has 1 spiro atoms. The highest BCUT2D eigenvalue weighted by Crippen LogP contribution is 2.60. The topological polar surface area (TPSA) is 77.9 Å². The van der Waals surface area contributed by atoms with E-state index in [2.05, 4.69) is 24.3 Å². The van der Waals surface area contributed by atoms with E-state index in [0.717, 1.165) is 38.5 Å². The van der Waals surface area contributed by atoms with Crippen LogP contribution in [-0.4, -0.2) is 58.4 Å². The molecule has 6 heteroatoms. The number of nitrogens with zero attached hydrogens (tertiary/aromatic N) is 2. The number of fused-ring (bicyclic) bond motifs is 2. The van der Waals surface area contributed by atoms with Crippen molar-refractivity contribution in [3.8, 4) is 0 Å². The number of rotatable bonds is 4. The van der Waals surface area contributed by atoms with Crippen LogP contribution in [0.4, 0.5) is 0 Å². The SMILES string of the molecule is CC(=O)N(CC(=O)O)C1CCCN(C(=O)C2CC23CCCc2ccccc23)CC1. The zero-order chi connectivity index (χ0) is 20.6. The Morgan fingerprint density at radius 2 is 1.97 bits per heavy atom. The minimum absolute atomic E-state index is 0.0341. The lowest BCUT2D eigenvalue weighted by Crippen LogP contribution is -2.43. The van der Waals surface area contributed by atoms with Crippen molar-refractivity contribution >= 4 is 17.8 Å². The van der Waals surface area contributed by atoms with Crippen molar-refractivity contribution in [1.82, 2.24) is 9.80 Å². The van der Waals surface area contributed by atoms with Gasteiger partial charge in [-0.15, -0.1) is 0 Å². The van der Waals surface area contributed by atoms with Crippen LogP contribution in [-0.2, 0) is 26.2 Å². The number of likely N-dealkylation sites (tertiary alicyclic amines) is 1. The van der Waals surface area contributed by atoms with Crippen LogP contribution >= 0.6 is 0 Å². The fourth-order valence-corrected chi connectivity index (χ4v) is 5.63. The largest absolute Gasteiger partial charge is 0.480 e. The summed E-state index contributed by atoms with van der Waals surface area (Å²) in [6.07, 6.45) is 6.48. The molecule has 6 nitrogen and oxygen atoms in total. The van der Waals surface area contributed by atoms with Crippen LogP contribution in [0, 0.1) is 5.92 Å². The van der Waals surface area contributed by atoms with Crippen molar-refractivity contribution in [3.63, 3.8) is 0 Å². The predicted octanol–water partition coefficient (Wildman–Crippen LogP) is 2.59. The standard InChI is InChI=1S/C23H30N2O4/c1-16(26)25(15-21(27)28)18-8-5-12-24(13-10-18)22(29)20-14-23(20)11-4-7-17-6-2-3-9-19(17)23/h2-3,6,9,18,20H,4-5,7-8,10-15H2,1H3,(H,27,28). The lowest BCUT2D eigenvalue weighted by Gasteiger charge is -2.29. The molecule has 3 aliphatic rings. The molecule has 2 fully saturated rings. The summed E-state index contributed by atoms with van der Waals surface area (Å²) in [7, 11) is 0. The van der Waals surface area contributed by atoms with Gasteiger partial charge in [0, 0.05) is 37.4 Å². The van der Waals surface area contributed by atoms with Gasteiger partial charge in [0.15, 0.2) is 0 Å². The Kier molecular flexibility index (Phi) is 5.36. The molecule has 29 heavy (non-hydrogen) atoms. The number of hydrogen-bond acceptors (Lipinski definition) is 3. The Bertz CT molecular complexity index is 823. The Morgan fingerprint density at radius 1 is 1.17 bits per heavy atom. The number of carbonyl (C=O) groups excluding carboxylic acids is 2. The van der Waals surface area contributed by atoms with Crippen molar-refractivity contribution in [2.24, 2.45) is 5.92 Å².